The van der Waals surface area contributed by atoms with E-state index >= 15 is 0 Å². The lowest BCUT2D eigenvalue weighted by atomic mass is 9.74. The van der Waals surface area contributed by atoms with Gasteiger partial charge in [-0.05, 0) is 74.3 Å². The van der Waals surface area contributed by atoms with Gasteiger partial charge < -0.3 is 15.3 Å². The van der Waals surface area contributed by atoms with Crippen LogP contribution < -0.4 is 5.32 Å². The molecule has 4 atom stereocenters. The van der Waals surface area contributed by atoms with Gasteiger partial charge in [-0.2, -0.15) is 0 Å². The van der Waals surface area contributed by atoms with Gasteiger partial charge in [0.2, 0.25) is 5.91 Å². The number of nitrogens with one attached hydrogen (secondary N) is 1. The SMILES string of the molecule is Cc1cc(F)c([C@H](NC(=O)[C@H]2C[C@H]3C[C@H]3N2C(=O)c2ccnc(CF)c2)[C@H]2C[C@H](O)C2)cc1F. The Kier molecular flexibility index (Phi) is 5.83. The third kappa shape index (κ3) is 4.06. The lowest BCUT2D eigenvalue weighted by Gasteiger charge is -2.39. The molecular weight excluding hydrogens is 447 g/mol. The number of aliphatic hydroxyl groups is 1. The second-order valence-corrected chi connectivity index (χ2v) is 9.69. The zero-order valence-corrected chi connectivity index (χ0v) is 18.7. The number of alkyl halides is 1. The Hall–Kier alpha value is -2.94. The number of fused-ring (bicyclic) bond motifs is 1. The summed E-state index contributed by atoms with van der Waals surface area (Å²) in [5.74, 6) is -2.04. The maximum Gasteiger partial charge on any atom is 0.254 e. The minimum atomic E-state index is -0.820. The van der Waals surface area contributed by atoms with Crippen LogP contribution in [0.25, 0.3) is 0 Å². The highest BCUT2D eigenvalue weighted by Gasteiger charge is 2.56. The number of amides is 2. The fourth-order valence-corrected chi connectivity index (χ4v) is 5.32. The number of hydrogen-bond acceptors (Lipinski definition) is 4. The highest BCUT2D eigenvalue weighted by molar-refractivity contribution is 5.98. The zero-order chi connectivity index (χ0) is 24.1. The molecular formula is C25H26F3N3O3. The quantitative estimate of drug-likeness (QED) is 0.674. The Bertz CT molecular complexity index is 1140. The van der Waals surface area contributed by atoms with E-state index in [2.05, 4.69) is 10.3 Å². The Balaban J connectivity index is 1.40. The number of hydrogen-bond donors (Lipinski definition) is 2. The van der Waals surface area contributed by atoms with Crippen molar-refractivity contribution in [1.29, 1.82) is 0 Å². The van der Waals surface area contributed by atoms with Gasteiger partial charge in [0.1, 0.15) is 24.4 Å². The molecule has 0 radical (unpaired) electrons. The first-order valence-corrected chi connectivity index (χ1v) is 11.5. The first-order chi connectivity index (χ1) is 16.3. The van der Waals surface area contributed by atoms with Gasteiger partial charge in [-0.3, -0.25) is 14.6 Å². The average molecular weight is 473 g/mol. The van der Waals surface area contributed by atoms with E-state index in [1.54, 1.807) is 0 Å². The number of pyridine rings is 1. The van der Waals surface area contributed by atoms with Gasteiger partial charge in [0, 0.05) is 23.4 Å². The molecule has 0 bridgehead atoms. The summed E-state index contributed by atoms with van der Waals surface area (Å²) in [6.07, 6.45) is 2.82. The summed E-state index contributed by atoms with van der Waals surface area (Å²) >= 11 is 0. The standard InChI is InChI=1S/C25H26F3N3O3/c1-12-4-20(28)18(10-19(12)27)23(15-6-17(32)7-15)30-24(33)22-9-14-8-21(14)31(22)25(34)13-2-3-29-16(5-13)11-26/h2-5,10,14-15,17,21-23,32H,6-9,11H2,1H3,(H,30,33)/t14-,15-,17-,21-,22-,23-/m1/s1. The average Bonchev–Trinajstić information content (AvgIpc) is 3.47. The molecule has 2 N–H and O–H groups in total. The van der Waals surface area contributed by atoms with Crippen LogP contribution in [0.1, 0.15) is 58.9 Å². The largest absolute Gasteiger partial charge is 0.393 e. The second kappa shape index (κ2) is 8.69. The van der Waals surface area contributed by atoms with Crippen molar-refractivity contribution in [2.24, 2.45) is 11.8 Å². The Morgan fingerprint density at radius 2 is 1.94 bits per heavy atom. The molecule has 3 aliphatic rings. The molecule has 180 valence electrons. The molecule has 9 heteroatoms. The maximum absolute atomic E-state index is 14.8. The van der Waals surface area contributed by atoms with Crippen molar-refractivity contribution < 1.29 is 27.9 Å². The smallest absolute Gasteiger partial charge is 0.254 e. The number of rotatable bonds is 6. The molecule has 5 rings (SSSR count). The number of likely N-dealkylation sites (tertiary alicyclic amines) is 1. The third-order valence-corrected chi connectivity index (χ3v) is 7.37. The summed E-state index contributed by atoms with van der Waals surface area (Å²) in [4.78, 5) is 32.1. The van der Waals surface area contributed by atoms with Gasteiger partial charge >= 0.3 is 0 Å². The van der Waals surface area contributed by atoms with Crippen LogP contribution in [0, 0.1) is 30.4 Å². The Morgan fingerprint density at radius 1 is 1.18 bits per heavy atom. The predicted octanol–water partition coefficient (Wildman–Crippen LogP) is 3.37. The molecule has 1 aromatic carbocycles. The van der Waals surface area contributed by atoms with Crippen LogP contribution in [-0.2, 0) is 11.5 Å². The van der Waals surface area contributed by atoms with Crippen molar-refractivity contribution in [2.45, 2.75) is 63.5 Å². The summed E-state index contributed by atoms with van der Waals surface area (Å²) in [5, 5.41) is 12.6. The molecule has 0 unspecified atom stereocenters. The highest BCUT2D eigenvalue weighted by Crippen LogP contribution is 2.49. The van der Waals surface area contributed by atoms with E-state index in [0.717, 1.165) is 18.6 Å². The van der Waals surface area contributed by atoms with E-state index in [4.69, 9.17) is 0 Å². The van der Waals surface area contributed by atoms with Gasteiger partial charge in [0.25, 0.3) is 5.91 Å². The zero-order valence-electron chi connectivity index (χ0n) is 18.7. The second-order valence-electron chi connectivity index (χ2n) is 9.69. The molecule has 2 aliphatic carbocycles. The molecule has 6 nitrogen and oxygen atoms in total. The fourth-order valence-electron chi connectivity index (χ4n) is 5.32. The minimum Gasteiger partial charge on any atom is -0.393 e. The summed E-state index contributed by atoms with van der Waals surface area (Å²) in [7, 11) is 0. The number of benzene rings is 1. The molecule has 1 saturated heterocycles. The monoisotopic (exact) mass is 473 g/mol. The molecule has 2 saturated carbocycles. The molecule has 2 heterocycles. The van der Waals surface area contributed by atoms with Crippen LogP contribution >= 0.6 is 0 Å². The fraction of sp³-hybridized carbons (Fsp3) is 0.480. The highest BCUT2D eigenvalue weighted by atomic mass is 19.1. The van der Waals surface area contributed by atoms with Crippen molar-refractivity contribution in [1.82, 2.24) is 15.2 Å². The maximum atomic E-state index is 14.8. The Labute approximate surface area is 195 Å². The summed E-state index contributed by atoms with van der Waals surface area (Å²) in [6, 6.07) is 3.44. The normalized spacial score (nSPS) is 28.1. The molecule has 34 heavy (non-hydrogen) atoms. The summed E-state index contributed by atoms with van der Waals surface area (Å²) < 4.78 is 42.1. The van der Waals surface area contributed by atoms with E-state index in [1.165, 1.54) is 30.2 Å². The number of aryl methyl sites for hydroxylation is 1. The third-order valence-electron chi connectivity index (χ3n) is 7.37. The van der Waals surface area contributed by atoms with Gasteiger partial charge in [-0.25, -0.2) is 13.2 Å². The first kappa shape index (κ1) is 22.8. The molecule has 2 aromatic rings. The van der Waals surface area contributed by atoms with E-state index in [1.807, 2.05) is 0 Å². The molecule has 1 aromatic heterocycles. The van der Waals surface area contributed by atoms with E-state index in [0.29, 0.717) is 19.3 Å². The first-order valence-electron chi connectivity index (χ1n) is 11.5. The predicted molar refractivity (Wildman–Crippen MR) is 116 cm³/mol. The lowest BCUT2D eigenvalue weighted by Crippen LogP contribution is -2.51. The van der Waals surface area contributed by atoms with Crippen LogP contribution in [0.2, 0.25) is 0 Å². The van der Waals surface area contributed by atoms with Crippen LogP contribution in [0.3, 0.4) is 0 Å². The van der Waals surface area contributed by atoms with E-state index < -0.39 is 42.4 Å². The number of carbonyl (C=O) groups is 2. The van der Waals surface area contributed by atoms with Gasteiger partial charge in [-0.1, -0.05) is 0 Å². The van der Waals surface area contributed by atoms with Crippen molar-refractivity contribution >= 4 is 11.8 Å². The number of aromatic nitrogens is 1. The number of halogens is 3. The van der Waals surface area contributed by atoms with E-state index in [-0.39, 0.29) is 46.2 Å². The van der Waals surface area contributed by atoms with Crippen molar-refractivity contribution in [2.75, 3.05) is 0 Å². The molecule has 3 fully saturated rings. The number of nitrogens with zero attached hydrogens (tertiary/aromatic N) is 2. The Morgan fingerprint density at radius 3 is 2.65 bits per heavy atom. The molecule has 0 spiro atoms. The topological polar surface area (TPSA) is 82.5 Å². The van der Waals surface area contributed by atoms with Crippen molar-refractivity contribution in [3.63, 3.8) is 0 Å². The van der Waals surface area contributed by atoms with Gasteiger partial charge in [-0.15, -0.1) is 0 Å². The van der Waals surface area contributed by atoms with E-state index in [9.17, 15) is 27.9 Å². The van der Waals surface area contributed by atoms with Crippen molar-refractivity contribution in [3.8, 4) is 0 Å². The van der Waals surface area contributed by atoms with Crippen LogP contribution in [0.15, 0.2) is 30.5 Å². The van der Waals surface area contributed by atoms with Crippen molar-refractivity contribution in [3.05, 3.63) is 64.5 Å². The van der Waals surface area contributed by atoms with Crippen LogP contribution in [0.5, 0.6) is 0 Å². The summed E-state index contributed by atoms with van der Waals surface area (Å²) in [5.41, 5.74) is 0.603. The lowest BCUT2D eigenvalue weighted by molar-refractivity contribution is -0.127. The van der Waals surface area contributed by atoms with Crippen LogP contribution in [0.4, 0.5) is 13.2 Å². The van der Waals surface area contributed by atoms with Gasteiger partial charge in [0.15, 0.2) is 0 Å². The van der Waals surface area contributed by atoms with Gasteiger partial charge in [0.05, 0.1) is 17.8 Å². The molecule has 1 aliphatic heterocycles. The minimum absolute atomic E-state index is 0.0381. The molecule has 2 amide bonds. The number of aliphatic hydroxyl groups excluding tert-OH is 1. The number of carbonyl (C=O) groups excluding carboxylic acids is 2. The summed E-state index contributed by atoms with van der Waals surface area (Å²) in [6.45, 7) is 0.662. The number of piperidine rings is 1. The van der Waals surface area contributed by atoms with Crippen LogP contribution in [-0.4, -0.2) is 45.0 Å².